The van der Waals surface area contributed by atoms with Crippen LogP contribution in [0.1, 0.15) is 25.1 Å². The fraction of sp³-hybridized carbons (Fsp3) is 0.529. The fourth-order valence-electron chi connectivity index (χ4n) is 3.27. The maximum atomic E-state index is 12.9. The molecule has 0 bridgehead atoms. The SMILES string of the molecule is COc1ccc(S(=O)(=O)N2CCOCC2)cc1-c1nc(C2(N)CCC2)no1.Cl. The van der Waals surface area contributed by atoms with Crippen molar-refractivity contribution in [3.05, 3.63) is 24.0 Å². The maximum absolute atomic E-state index is 12.9. The van der Waals surface area contributed by atoms with E-state index in [0.29, 0.717) is 43.4 Å². The highest BCUT2D eigenvalue weighted by Gasteiger charge is 2.39. The van der Waals surface area contributed by atoms with Crippen LogP contribution in [0.5, 0.6) is 5.75 Å². The highest BCUT2D eigenvalue weighted by atomic mass is 35.5. The second-order valence-corrected chi connectivity index (χ2v) is 8.75. The molecule has 0 radical (unpaired) electrons. The number of rotatable bonds is 5. The highest BCUT2D eigenvalue weighted by molar-refractivity contribution is 7.89. The lowest BCUT2D eigenvalue weighted by Crippen LogP contribution is -2.44. The molecule has 154 valence electrons. The van der Waals surface area contributed by atoms with Gasteiger partial charge in [0.25, 0.3) is 5.89 Å². The number of nitrogens with zero attached hydrogens (tertiary/aromatic N) is 3. The number of aromatic nitrogens is 2. The first-order valence-corrected chi connectivity index (χ1v) is 10.3. The third-order valence-corrected chi connectivity index (χ3v) is 7.02. The molecule has 2 aromatic rings. The number of hydrogen-bond acceptors (Lipinski definition) is 8. The summed E-state index contributed by atoms with van der Waals surface area (Å²) in [6.45, 7) is 1.41. The number of hydrogen-bond donors (Lipinski definition) is 1. The van der Waals surface area contributed by atoms with Crippen LogP contribution in [0.2, 0.25) is 0 Å². The third-order valence-electron chi connectivity index (χ3n) is 5.13. The first-order chi connectivity index (χ1) is 12.9. The van der Waals surface area contributed by atoms with Crippen molar-refractivity contribution in [3.63, 3.8) is 0 Å². The first-order valence-electron chi connectivity index (χ1n) is 8.83. The molecule has 1 aromatic carbocycles. The van der Waals surface area contributed by atoms with E-state index in [1.807, 2.05) is 0 Å². The lowest BCUT2D eigenvalue weighted by molar-refractivity contribution is 0.0730. The molecule has 0 unspecified atom stereocenters. The third kappa shape index (κ3) is 3.62. The summed E-state index contributed by atoms with van der Waals surface area (Å²) < 4.78 is 43.3. The lowest BCUT2D eigenvalue weighted by atomic mass is 9.77. The number of methoxy groups -OCH3 is 1. The second-order valence-electron chi connectivity index (χ2n) is 6.81. The van der Waals surface area contributed by atoms with Crippen LogP contribution in [0.15, 0.2) is 27.6 Å². The van der Waals surface area contributed by atoms with Gasteiger partial charge in [-0.05, 0) is 37.5 Å². The van der Waals surface area contributed by atoms with Gasteiger partial charge in [-0.15, -0.1) is 12.4 Å². The Morgan fingerprint density at radius 3 is 2.57 bits per heavy atom. The van der Waals surface area contributed by atoms with Crippen LogP contribution in [0.3, 0.4) is 0 Å². The molecule has 1 aliphatic carbocycles. The van der Waals surface area contributed by atoms with Crippen molar-refractivity contribution >= 4 is 22.4 Å². The van der Waals surface area contributed by atoms with E-state index in [9.17, 15) is 8.42 Å². The Hall–Kier alpha value is -1.72. The molecule has 4 rings (SSSR count). The first kappa shape index (κ1) is 21.0. The van der Waals surface area contributed by atoms with Crippen molar-refractivity contribution in [3.8, 4) is 17.2 Å². The highest BCUT2D eigenvalue weighted by Crippen LogP contribution is 2.39. The van der Waals surface area contributed by atoms with Gasteiger partial charge in [-0.25, -0.2) is 8.42 Å². The van der Waals surface area contributed by atoms with E-state index in [-0.39, 0.29) is 23.2 Å². The molecule has 0 atom stereocenters. The van der Waals surface area contributed by atoms with Crippen LogP contribution in [-0.4, -0.2) is 56.3 Å². The van der Waals surface area contributed by atoms with E-state index < -0.39 is 15.6 Å². The van der Waals surface area contributed by atoms with Gasteiger partial charge in [0.1, 0.15) is 5.75 Å². The Bertz CT molecular complexity index is 939. The summed E-state index contributed by atoms with van der Waals surface area (Å²) >= 11 is 0. The van der Waals surface area contributed by atoms with Gasteiger partial charge in [0, 0.05) is 13.1 Å². The average Bonchev–Trinajstić information content (AvgIpc) is 3.16. The van der Waals surface area contributed by atoms with Crippen molar-refractivity contribution in [1.29, 1.82) is 0 Å². The molecule has 9 nitrogen and oxygen atoms in total. The zero-order chi connectivity index (χ0) is 19.1. The van der Waals surface area contributed by atoms with Crippen molar-refractivity contribution in [2.45, 2.75) is 29.7 Å². The average molecular weight is 431 g/mol. The summed E-state index contributed by atoms with van der Waals surface area (Å²) in [5, 5.41) is 4.00. The Morgan fingerprint density at radius 1 is 1.25 bits per heavy atom. The topological polar surface area (TPSA) is 121 Å². The zero-order valence-electron chi connectivity index (χ0n) is 15.5. The maximum Gasteiger partial charge on any atom is 0.261 e. The number of sulfonamides is 1. The van der Waals surface area contributed by atoms with E-state index in [0.717, 1.165) is 19.3 Å². The summed E-state index contributed by atoms with van der Waals surface area (Å²) in [4.78, 5) is 4.55. The number of halogens is 1. The minimum absolute atomic E-state index is 0. The van der Waals surface area contributed by atoms with E-state index in [1.54, 1.807) is 6.07 Å². The molecule has 0 spiro atoms. The van der Waals surface area contributed by atoms with Crippen LogP contribution in [-0.2, 0) is 20.3 Å². The normalized spacial score (nSPS) is 19.5. The van der Waals surface area contributed by atoms with Crippen LogP contribution in [0.4, 0.5) is 0 Å². The molecule has 11 heteroatoms. The van der Waals surface area contributed by atoms with Gasteiger partial charge in [0.05, 0.1) is 36.3 Å². The van der Waals surface area contributed by atoms with Gasteiger partial charge < -0.3 is 19.7 Å². The van der Waals surface area contributed by atoms with Crippen molar-refractivity contribution < 1.29 is 22.4 Å². The summed E-state index contributed by atoms with van der Waals surface area (Å²) in [5.74, 6) is 1.08. The van der Waals surface area contributed by atoms with Gasteiger partial charge in [-0.2, -0.15) is 9.29 Å². The molecule has 2 heterocycles. The molecule has 2 fully saturated rings. The Balaban J connectivity index is 0.00000225. The zero-order valence-corrected chi connectivity index (χ0v) is 17.1. The molecule has 1 aliphatic heterocycles. The van der Waals surface area contributed by atoms with Gasteiger partial charge in [-0.3, -0.25) is 0 Å². The Labute approximate surface area is 169 Å². The van der Waals surface area contributed by atoms with E-state index in [4.69, 9.17) is 19.7 Å². The van der Waals surface area contributed by atoms with Crippen LogP contribution >= 0.6 is 12.4 Å². The van der Waals surface area contributed by atoms with Gasteiger partial charge in [0.2, 0.25) is 10.0 Å². The molecule has 2 N–H and O–H groups in total. The molecule has 1 aromatic heterocycles. The molecule has 1 saturated carbocycles. The summed E-state index contributed by atoms with van der Waals surface area (Å²) in [5.41, 5.74) is 6.11. The second kappa shape index (κ2) is 7.96. The Kier molecular flexibility index (Phi) is 5.97. The minimum Gasteiger partial charge on any atom is -0.496 e. The van der Waals surface area contributed by atoms with Crippen LogP contribution < -0.4 is 10.5 Å². The lowest BCUT2D eigenvalue weighted by Gasteiger charge is -2.34. The van der Waals surface area contributed by atoms with Crippen molar-refractivity contribution in [1.82, 2.24) is 14.4 Å². The summed E-state index contributed by atoms with van der Waals surface area (Å²) in [6, 6.07) is 4.61. The van der Waals surface area contributed by atoms with E-state index >= 15 is 0 Å². The summed E-state index contributed by atoms with van der Waals surface area (Å²) in [6.07, 6.45) is 2.63. The molecule has 2 aliphatic rings. The number of ether oxygens (including phenoxy) is 2. The molecule has 1 saturated heterocycles. The summed E-state index contributed by atoms with van der Waals surface area (Å²) in [7, 11) is -2.15. The molecule has 28 heavy (non-hydrogen) atoms. The van der Waals surface area contributed by atoms with E-state index in [2.05, 4.69) is 10.1 Å². The number of nitrogens with two attached hydrogens (primary N) is 1. The smallest absolute Gasteiger partial charge is 0.261 e. The quantitative estimate of drug-likeness (QED) is 0.757. The predicted molar refractivity (Wildman–Crippen MR) is 103 cm³/mol. The fourth-order valence-corrected chi connectivity index (χ4v) is 4.70. The number of morpholine rings is 1. The van der Waals surface area contributed by atoms with Gasteiger partial charge in [0.15, 0.2) is 5.82 Å². The van der Waals surface area contributed by atoms with Gasteiger partial charge >= 0.3 is 0 Å². The van der Waals surface area contributed by atoms with Crippen LogP contribution in [0, 0.1) is 0 Å². The molecular weight excluding hydrogens is 408 g/mol. The van der Waals surface area contributed by atoms with Crippen molar-refractivity contribution in [2.75, 3.05) is 33.4 Å². The monoisotopic (exact) mass is 430 g/mol. The molecular formula is C17H23ClN4O5S. The van der Waals surface area contributed by atoms with Gasteiger partial charge in [-0.1, -0.05) is 5.16 Å². The van der Waals surface area contributed by atoms with Crippen molar-refractivity contribution in [2.24, 2.45) is 5.73 Å². The van der Waals surface area contributed by atoms with E-state index in [1.165, 1.54) is 23.5 Å². The standard InChI is InChI=1S/C17H22N4O5S.ClH/c1-24-14-4-3-12(27(22,23)21-7-9-25-10-8-21)11-13(14)15-19-16(20-26-15)17(18)5-2-6-17;/h3-4,11H,2,5-10,18H2,1H3;1H. The largest absolute Gasteiger partial charge is 0.496 e. The van der Waals surface area contributed by atoms with Crippen LogP contribution in [0.25, 0.3) is 11.5 Å². The molecule has 0 amide bonds. The number of benzene rings is 1. The predicted octanol–water partition coefficient (Wildman–Crippen LogP) is 1.53. The Morgan fingerprint density at radius 2 is 1.96 bits per heavy atom. The minimum atomic E-state index is -3.65.